The standard InChI is InChI=1S/C18H20BNO.C18H20O2.C17H18O2.C10H15BN.C9H11BO.C9H9BrO.C9H7BrO.2H2O/c1-19-20-14-8-13-17(20)18(21-19,15-9-4-2-5-10-15)16-11-6-3-7-12-16;1-11-8-15(9-12(2)18(11)20-3)13-4-6-16-14(10-13)5-7-17(16)19;1-10-7-14(8-11(2)17(10)19)12-3-5-15-13(9-12)4-6-16(15)18;1-3-12(11,4-2)10-8-6-5-7-9-10;1-6-4-8(10)5-7(2)9(6)11-3;2*10-7-2-3-8-6(5-7)1-4-9(8)11;;/h2-7,9-12,17H,8,13-14H2,1H3;4,6,8-10,17,19H,5,7H2,1-3H3;3,5,7-9,16,18-19H,4,6H2,1-2H3;5-9H,3-4H2,1-2H3;4-5H,1-3H3;2-3,5,9,11H,1,4H2;2-3,5H,1,4H2;2*1H2/q;;;+1;;;;;/t2*17-;16-;;;9-;;;/m011..1.../s1. The molecule has 0 spiro atoms. The van der Waals surface area contributed by atoms with Crippen LogP contribution in [0.4, 0.5) is 5.69 Å². The number of aromatic hydroxyl groups is 1. The molecule has 0 saturated carbocycles. The number of benzene rings is 10. The maximum absolute atomic E-state index is 11.2. The van der Waals surface area contributed by atoms with E-state index in [-0.39, 0.29) is 47.7 Å². The molecule has 16 rings (SSSR count). The fourth-order valence-electron chi connectivity index (χ4n) is 15.9. The summed E-state index contributed by atoms with van der Waals surface area (Å²) in [5.41, 5.74) is 24.4. The van der Waals surface area contributed by atoms with Crippen LogP contribution in [0.2, 0.25) is 6.82 Å². The molecule has 12 nitrogen and oxygen atoms in total. The van der Waals surface area contributed by atoms with Crippen molar-refractivity contribution in [1.29, 1.82) is 0 Å². The van der Waals surface area contributed by atoms with Crippen LogP contribution in [0.25, 0.3) is 22.3 Å². The van der Waals surface area contributed by atoms with Gasteiger partial charge in [-0.3, -0.25) is 4.79 Å². The quantitative estimate of drug-likeness (QED) is 0.102. The van der Waals surface area contributed by atoms with Gasteiger partial charge in [-0.05, 0) is 293 Å². The first-order valence-electron chi connectivity index (χ1n) is 36.9. The Morgan fingerprint density at radius 3 is 1.36 bits per heavy atom. The van der Waals surface area contributed by atoms with Crippen LogP contribution in [0.3, 0.4) is 0 Å². The molecule has 0 unspecified atom stereocenters. The van der Waals surface area contributed by atoms with Gasteiger partial charge in [-0.2, -0.15) is 0 Å². The Bertz CT molecular complexity index is 4510. The number of Topliss-reactive ketones (excluding diaryl/α,β-unsaturated/α-hetero) is 1. The number of carbonyl (C=O) groups excluding carboxylic acids is 1. The third kappa shape index (κ3) is 20.0. The molecule has 2 aliphatic heterocycles. The van der Waals surface area contributed by atoms with E-state index in [4.69, 9.17) is 30.0 Å². The lowest BCUT2D eigenvalue weighted by Gasteiger charge is -2.36. The van der Waals surface area contributed by atoms with Crippen molar-refractivity contribution < 1.29 is 50.3 Å². The predicted octanol–water partition coefficient (Wildman–Crippen LogP) is 17.7. The third-order valence-corrected chi connectivity index (χ3v) is 22.4. The topological polar surface area (TPSA) is 192 Å². The molecule has 2 saturated heterocycles. The molecule has 0 bridgehead atoms. The molecule has 107 heavy (non-hydrogen) atoms. The number of nitrogens with zero attached hydrogens (tertiary/aromatic N) is 2. The number of phenols is 1. The minimum atomic E-state index is -0.321. The number of hydrogen-bond donors (Lipinski definition) is 4. The summed E-state index contributed by atoms with van der Waals surface area (Å²) in [4.78, 5) is 13.7. The number of aliphatic hydroxyl groups excluding tert-OH is 3. The van der Waals surface area contributed by atoms with Gasteiger partial charge in [0.1, 0.15) is 36.4 Å². The van der Waals surface area contributed by atoms with Crippen LogP contribution < -0.4 is 19.3 Å². The normalized spacial score (nSPS) is 17.2. The summed E-state index contributed by atoms with van der Waals surface area (Å²) in [5, 5.41) is 39.0. The fourth-order valence-corrected chi connectivity index (χ4v) is 16.7. The number of ketones is 1. The zero-order valence-corrected chi connectivity index (χ0v) is 67.0. The summed E-state index contributed by atoms with van der Waals surface area (Å²) in [6, 6.07) is 68.8. The molecule has 10 aromatic rings. The first-order valence-corrected chi connectivity index (χ1v) is 38.5. The SMILES string of the molecule is CB1OC(c2ccccc2)(c2ccccc2)[C@@H]2CCCN12.COc1c(C)cc(-c2ccc3c(c2)CC[C@H]3O)cc1C.Cc1cc(-c2ccc3c(c2)CC[C@H]3O)cc(C)c1O.O.O.O=C1CCc2cc(Br)ccc21.O[C@@H]1CCc2cc(Br)ccc21.[B][N+](CC)(CC)c1ccccc1.[B]c1cc(C)c(OC)c(C)c1. The van der Waals surface area contributed by atoms with E-state index in [0.29, 0.717) is 22.6 Å². The number of carbonyl (C=O) groups is 1. The number of para-hydroxylation sites is 1. The van der Waals surface area contributed by atoms with Crippen molar-refractivity contribution in [3.8, 4) is 39.5 Å². The van der Waals surface area contributed by atoms with Crippen molar-refractivity contribution >= 4 is 71.7 Å². The van der Waals surface area contributed by atoms with Gasteiger partial charge >= 0.3 is 15.0 Å². The second-order valence-corrected chi connectivity index (χ2v) is 30.3. The number of hydrogen-bond acceptors (Lipinski definition) is 9. The molecule has 17 heteroatoms. The lowest BCUT2D eigenvalue weighted by atomic mass is 9.79. The number of ether oxygens (including phenoxy) is 2. The summed E-state index contributed by atoms with van der Waals surface area (Å²) in [7, 11) is 15.3. The Balaban J connectivity index is 0.000000160. The largest absolute Gasteiger partial charge is 0.507 e. The highest BCUT2D eigenvalue weighted by atomic mass is 79.9. The van der Waals surface area contributed by atoms with E-state index in [0.717, 1.165) is 157 Å². The van der Waals surface area contributed by atoms with Crippen LogP contribution >= 0.6 is 31.9 Å². The summed E-state index contributed by atoms with van der Waals surface area (Å²) < 4.78 is 19.9. The van der Waals surface area contributed by atoms with Gasteiger partial charge in [0, 0.05) is 27.0 Å². The van der Waals surface area contributed by atoms with Crippen LogP contribution in [0.1, 0.15) is 164 Å². The minimum Gasteiger partial charge on any atom is -0.507 e. The first-order chi connectivity index (χ1) is 50.4. The summed E-state index contributed by atoms with van der Waals surface area (Å²) in [6.07, 6.45) is 8.74. The highest BCUT2D eigenvalue weighted by Crippen LogP contribution is 2.49. The van der Waals surface area contributed by atoms with Crippen molar-refractivity contribution in [1.82, 2.24) is 9.20 Å². The van der Waals surface area contributed by atoms with Crippen molar-refractivity contribution in [3.05, 3.63) is 298 Å². The summed E-state index contributed by atoms with van der Waals surface area (Å²) >= 11 is 6.78. The number of methoxy groups -OCH3 is 2. The Morgan fingerprint density at radius 2 is 0.916 bits per heavy atom. The van der Waals surface area contributed by atoms with E-state index < -0.39 is 0 Å². The van der Waals surface area contributed by atoms with Gasteiger partial charge in [-0.15, -0.1) is 0 Å². The Kier molecular flexibility index (Phi) is 30.4. The van der Waals surface area contributed by atoms with E-state index in [1.54, 1.807) is 14.2 Å². The third-order valence-electron chi connectivity index (χ3n) is 21.4. The number of phenolic OH excluding ortho intramolecular Hbond substituents is 1. The van der Waals surface area contributed by atoms with Crippen LogP contribution in [0, 0.1) is 41.5 Å². The molecule has 8 N–H and O–H groups in total. The van der Waals surface area contributed by atoms with Crippen molar-refractivity contribution in [3.63, 3.8) is 0 Å². The average Bonchev–Trinajstić information content (AvgIpc) is 1.57. The molecule has 10 aromatic carbocycles. The van der Waals surface area contributed by atoms with Crippen molar-refractivity contribution in [2.45, 2.75) is 156 Å². The Labute approximate surface area is 654 Å². The van der Waals surface area contributed by atoms with E-state index in [1.807, 2.05) is 107 Å². The van der Waals surface area contributed by atoms with Gasteiger partial charge in [-0.1, -0.05) is 177 Å². The first kappa shape index (κ1) is 84.7. The monoisotopic (exact) mass is 1560 g/mol. The van der Waals surface area contributed by atoms with Crippen molar-refractivity contribution in [2.75, 3.05) is 33.9 Å². The van der Waals surface area contributed by atoms with E-state index >= 15 is 0 Å². The molecule has 4 aliphatic carbocycles. The molecule has 0 amide bonds. The summed E-state index contributed by atoms with van der Waals surface area (Å²) in [5.74, 6) is 2.55. The van der Waals surface area contributed by atoms with Gasteiger partial charge in [0.2, 0.25) is 0 Å². The highest BCUT2D eigenvalue weighted by molar-refractivity contribution is 9.10. The molecule has 2 heterocycles. The molecule has 4 atom stereocenters. The smallest absolute Gasteiger partial charge is 0.487 e. The number of rotatable bonds is 9. The number of halogens is 2. The van der Waals surface area contributed by atoms with E-state index in [9.17, 15) is 25.2 Å². The minimum absolute atomic E-state index is 0. The van der Waals surface area contributed by atoms with E-state index in [1.165, 1.54) is 63.0 Å². The fraction of sp³-hybridized carbons (Fsp3) is 0.322. The summed E-state index contributed by atoms with van der Waals surface area (Å²) in [6.45, 7) is 21.4. The second-order valence-electron chi connectivity index (χ2n) is 28.4. The molecular formula is C90H104B3Br2N2O10+. The number of quaternary nitrogens is 1. The average molecular weight is 1570 g/mol. The lowest BCUT2D eigenvalue weighted by molar-refractivity contribution is 0.0994. The molecule has 4 radical (unpaired) electrons. The second kappa shape index (κ2) is 38.5. The van der Waals surface area contributed by atoms with Gasteiger partial charge < -0.3 is 54.7 Å². The van der Waals surface area contributed by atoms with Gasteiger partial charge in [0.15, 0.2) is 5.78 Å². The number of fused-ring (bicyclic) bond motifs is 5. The van der Waals surface area contributed by atoms with Crippen LogP contribution in [-0.4, -0.2) is 105 Å². The molecular weight excluding hydrogens is 1460 g/mol. The van der Waals surface area contributed by atoms with Gasteiger partial charge in [0.05, 0.1) is 45.6 Å². The molecule has 556 valence electrons. The van der Waals surface area contributed by atoms with Crippen LogP contribution in [-0.2, 0) is 35.9 Å². The lowest BCUT2D eigenvalue weighted by Crippen LogP contribution is -2.46. The maximum Gasteiger partial charge on any atom is 0.487 e. The Hall–Kier alpha value is -7.90. The van der Waals surface area contributed by atoms with Crippen molar-refractivity contribution in [2.24, 2.45) is 0 Å². The zero-order valence-electron chi connectivity index (χ0n) is 63.9. The number of aliphatic hydroxyl groups is 3. The van der Waals surface area contributed by atoms with Crippen LogP contribution in [0.5, 0.6) is 17.2 Å². The highest BCUT2D eigenvalue weighted by Gasteiger charge is 2.56. The van der Waals surface area contributed by atoms with Crippen LogP contribution in [0.15, 0.2) is 209 Å². The predicted molar refractivity (Wildman–Crippen MR) is 448 cm³/mol. The van der Waals surface area contributed by atoms with Gasteiger partial charge in [-0.25, -0.2) is 0 Å². The Morgan fingerprint density at radius 1 is 0.514 bits per heavy atom. The maximum atomic E-state index is 11.2. The molecule has 0 aromatic heterocycles. The molecule has 6 aliphatic rings. The number of aryl methyl sites for hydroxylation is 10. The zero-order chi connectivity index (χ0) is 75.3. The van der Waals surface area contributed by atoms with E-state index in [2.05, 4.69) is 193 Å². The molecule has 2 fully saturated rings. The van der Waals surface area contributed by atoms with Gasteiger partial charge in [0.25, 0.3) is 0 Å².